The van der Waals surface area contributed by atoms with E-state index in [2.05, 4.69) is 49.1 Å². The van der Waals surface area contributed by atoms with Crippen LogP contribution in [-0.4, -0.2) is 55.8 Å². The van der Waals surface area contributed by atoms with E-state index in [0.717, 1.165) is 12.1 Å². The molecule has 182 valence electrons. The van der Waals surface area contributed by atoms with Gasteiger partial charge < -0.3 is 9.80 Å². The zero-order chi connectivity index (χ0) is 24.6. The van der Waals surface area contributed by atoms with Crippen molar-refractivity contribution >= 4 is 21.6 Å². The van der Waals surface area contributed by atoms with E-state index in [1.165, 1.54) is 27.2 Å². The van der Waals surface area contributed by atoms with Gasteiger partial charge in [-0.25, -0.2) is 8.42 Å². The quantitative estimate of drug-likeness (QED) is 0.554. The summed E-state index contributed by atoms with van der Waals surface area (Å²) in [6.07, 6.45) is 0.692. The summed E-state index contributed by atoms with van der Waals surface area (Å²) in [4.78, 5) is 17.7. The fourth-order valence-electron chi connectivity index (χ4n) is 5.13. The van der Waals surface area contributed by atoms with Crippen molar-refractivity contribution in [3.8, 4) is 0 Å². The molecule has 1 saturated heterocycles. The van der Waals surface area contributed by atoms with E-state index < -0.39 is 10.0 Å². The number of carbonyl (C=O) groups excluding carboxylic acids is 1. The van der Waals surface area contributed by atoms with Crippen molar-refractivity contribution in [2.24, 2.45) is 0 Å². The topological polar surface area (TPSA) is 60.9 Å². The Labute approximate surface area is 207 Å². The van der Waals surface area contributed by atoms with Crippen LogP contribution in [-0.2, 0) is 23.0 Å². The normalized spacial score (nSPS) is 18.9. The van der Waals surface area contributed by atoms with E-state index in [-0.39, 0.29) is 16.8 Å². The number of rotatable bonds is 4. The van der Waals surface area contributed by atoms with Crippen molar-refractivity contribution in [2.45, 2.75) is 37.8 Å². The molecule has 0 bridgehead atoms. The number of nitrogens with zero attached hydrogens (tertiary/aromatic N) is 3. The van der Waals surface area contributed by atoms with Crippen LogP contribution in [0.15, 0.2) is 77.7 Å². The highest BCUT2D eigenvalue weighted by atomic mass is 32.2. The van der Waals surface area contributed by atoms with Gasteiger partial charge in [0.15, 0.2) is 0 Å². The molecule has 0 saturated carbocycles. The first-order valence-corrected chi connectivity index (χ1v) is 13.6. The minimum Gasteiger partial charge on any atom is -0.365 e. The maximum atomic E-state index is 13.4. The summed E-state index contributed by atoms with van der Waals surface area (Å²) >= 11 is 0. The maximum absolute atomic E-state index is 13.4. The van der Waals surface area contributed by atoms with Crippen LogP contribution >= 0.6 is 0 Å². The number of piperazine rings is 1. The lowest BCUT2D eigenvalue weighted by atomic mass is 10.0. The summed E-state index contributed by atoms with van der Waals surface area (Å²) in [7, 11) is -3.70. The Bertz CT molecular complexity index is 1350. The van der Waals surface area contributed by atoms with E-state index in [0.29, 0.717) is 38.2 Å². The van der Waals surface area contributed by atoms with Crippen LogP contribution < -0.4 is 4.90 Å². The number of benzene rings is 3. The highest BCUT2D eigenvalue weighted by Crippen LogP contribution is 2.26. The molecule has 7 heteroatoms. The number of hydrogen-bond acceptors (Lipinski definition) is 4. The Morgan fingerprint density at radius 1 is 0.886 bits per heavy atom. The highest BCUT2D eigenvalue weighted by molar-refractivity contribution is 7.89. The summed E-state index contributed by atoms with van der Waals surface area (Å²) in [6, 6.07) is 23.0. The van der Waals surface area contributed by atoms with Gasteiger partial charge in [0, 0.05) is 50.0 Å². The van der Waals surface area contributed by atoms with Gasteiger partial charge in [-0.1, -0.05) is 42.5 Å². The van der Waals surface area contributed by atoms with Crippen molar-refractivity contribution in [1.82, 2.24) is 9.21 Å². The van der Waals surface area contributed by atoms with Crippen LogP contribution in [0.5, 0.6) is 0 Å². The van der Waals surface area contributed by atoms with Crippen LogP contribution in [0.25, 0.3) is 0 Å². The van der Waals surface area contributed by atoms with Crippen LogP contribution in [0.4, 0.5) is 5.69 Å². The molecular formula is C28H31N3O3S. The molecule has 2 aliphatic heterocycles. The van der Waals surface area contributed by atoms with E-state index >= 15 is 0 Å². The molecule has 0 aromatic heterocycles. The zero-order valence-electron chi connectivity index (χ0n) is 20.2. The number of sulfonamides is 1. The molecule has 0 radical (unpaired) electrons. The average Bonchev–Trinajstić information content (AvgIpc) is 2.88. The molecule has 3 aromatic rings. The minimum absolute atomic E-state index is 0.123. The number of anilines is 1. The van der Waals surface area contributed by atoms with Gasteiger partial charge in [0.2, 0.25) is 10.0 Å². The lowest BCUT2D eigenvalue weighted by molar-refractivity contribution is 0.0726. The van der Waals surface area contributed by atoms with Crippen molar-refractivity contribution in [3.05, 3.63) is 95.1 Å². The summed E-state index contributed by atoms with van der Waals surface area (Å²) < 4.78 is 28.4. The molecule has 0 aliphatic carbocycles. The van der Waals surface area contributed by atoms with Gasteiger partial charge in [-0.05, 0) is 67.3 Å². The van der Waals surface area contributed by atoms with E-state index in [1.807, 2.05) is 23.1 Å². The molecule has 0 spiro atoms. The molecule has 0 unspecified atom stereocenters. The molecule has 0 N–H and O–H groups in total. The predicted octanol–water partition coefficient (Wildman–Crippen LogP) is 4.09. The van der Waals surface area contributed by atoms with Gasteiger partial charge in [-0.2, -0.15) is 4.31 Å². The summed E-state index contributed by atoms with van der Waals surface area (Å²) in [5.41, 5.74) is 5.03. The SMILES string of the molecule is Cc1cccc(N2CCN(C(=O)c3cccc(S(=O)(=O)N4CCc5ccccc5C4)c3)C[C@H]2C)c1. The Kier molecular flexibility index (Phi) is 6.38. The average molecular weight is 490 g/mol. The third-order valence-corrected chi connectivity index (χ3v) is 8.90. The zero-order valence-corrected chi connectivity index (χ0v) is 21.0. The third kappa shape index (κ3) is 4.70. The van der Waals surface area contributed by atoms with Crippen molar-refractivity contribution in [2.75, 3.05) is 31.1 Å². The number of carbonyl (C=O) groups is 1. The predicted molar refractivity (Wildman–Crippen MR) is 138 cm³/mol. The molecule has 2 aliphatic rings. The van der Waals surface area contributed by atoms with Gasteiger partial charge >= 0.3 is 0 Å². The second kappa shape index (κ2) is 9.47. The largest absolute Gasteiger partial charge is 0.365 e. The van der Waals surface area contributed by atoms with Gasteiger partial charge in [-0.15, -0.1) is 0 Å². The van der Waals surface area contributed by atoms with E-state index in [9.17, 15) is 13.2 Å². The molecule has 1 fully saturated rings. The smallest absolute Gasteiger partial charge is 0.254 e. The molecule has 35 heavy (non-hydrogen) atoms. The van der Waals surface area contributed by atoms with E-state index in [1.54, 1.807) is 18.2 Å². The Balaban J connectivity index is 1.31. The number of aryl methyl sites for hydroxylation is 1. The monoisotopic (exact) mass is 489 g/mol. The molecular weight excluding hydrogens is 458 g/mol. The van der Waals surface area contributed by atoms with Crippen LogP contribution in [0.1, 0.15) is 34.0 Å². The Morgan fingerprint density at radius 3 is 2.43 bits per heavy atom. The second-order valence-corrected chi connectivity index (χ2v) is 11.5. The number of hydrogen-bond donors (Lipinski definition) is 0. The summed E-state index contributed by atoms with van der Waals surface area (Å²) in [5.74, 6) is -0.123. The van der Waals surface area contributed by atoms with Crippen molar-refractivity contribution in [1.29, 1.82) is 0 Å². The molecule has 3 aromatic carbocycles. The van der Waals surface area contributed by atoms with Crippen LogP contribution in [0, 0.1) is 6.92 Å². The maximum Gasteiger partial charge on any atom is 0.254 e. The first-order valence-electron chi connectivity index (χ1n) is 12.1. The van der Waals surface area contributed by atoms with Gasteiger partial charge in [-0.3, -0.25) is 4.79 Å². The van der Waals surface area contributed by atoms with E-state index in [4.69, 9.17) is 0 Å². The molecule has 5 rings (SSSR count). The molecule has 2 heterocycles. The van der Waals surface area contributed by atoms with Crippen LogP contribution in [0.3, 0.4) is 0 Å². The standard InChI is InChI=1S/C28H31N3O3S/c1-21-7-5-11-26(17-21)31-16-15-29(19-22(31)2)28(32)24-10-6-12-27(18-24)35(33,34)30-14-13-23-8-3-4-9-25(23)20-30/h3-12,17-18,22H,13-16,19-20H2,1-2H3/t22-/m1/s1. The Morgan fingerprint density at radius 2 is 1.66 bits per heavy atom. The summed E-state index contributed by atoms with van der Waals surface area (Å²) in [6.45, 7) is 6.92. The fraction of sp³-hybridized carbons (Fsp3) is 0.321. The van der Waals surface area contributed by atoms with Crippen molar-refractivity contribution in [3.63, 3.8) is 0 Å². The first kappa shape index (κ1) is 23.6. The molecule has 6 nitrogen and oxygen atoms in total. The molecule has 1 atom stereocenters. The third-order valence-electron chi connectivity index (χ3n) is 7.06. The van der Waals surface area contributed by atoms with Gasteiger partial charge in [0.1, 0.15) is 0 Å². The molecule has 1 amide bonds. The summed E-state index contributed by atoms with van der Waals surface area (Å²) in [5, 5.41) is 0. The first-order chi connectivity index (χ1) is 16.8. The van der Waals surface area contributed by atoms with Crippen molar-refractivity contribution < 1.29 is 13.2 Å². The highest BCUT2D eigenvalue weighted by Gasteiger charge is 2.31. The van der Waals surface area contributed by atoms with Gasteiger partial charge in [0.05, 0.1) is 4.90 Å². The second-order valence-electron chi connectivity index (χ2n) is 9.52. The number of fused-ring (bicyclic) bond motifs is 1. The lowest BCUT2D eigenvalue weighted by Crippen LogP contribution is -2.53. The van der Waals surface area contributed by atoms with Gasteiger partial charge in [0.25, 0.3) is 5.91 Å². The lowest BCUT2D eigenvalue weighted by Gasteiger charge is -2.41. The fourth-order valence-corrected chi connectivity index (χ4v) is 6.59. The van der Waals surface area contributed by atoms with Crippen LogP contribution in [0.2, 0.25) is 0 Å². The Hall–Kier alpha value is -3.16. The number of amides is 1. The minimum atomic E-state index is -3.70.